The molecule has 1 aliphatic heterocycles. The van der Waals surface area contributed by atoms with Crippen molar-refractivity contribution in [3.05, 3.63) is 71.8 Å². The molecule has 5 nitrogen and oxygen atoms in total. The highest BCUT2D eigenvalue weighted by atomic mass is 19.3. The largest absolute Gasteiger partial charge is 0.449 e. The summed E-state index contributed by atoms with van der Waals surface area (Å²) in [5.74, 6) is -2.41. The van der Waals surface area contributed by atoms with Gasteiger partial charge in [0.05, 0.1) is 11.1 Å². The molecule has 0 N–H and O–H groups in total. The molecule has 1 saturated heterocycles. The van der Waals surface area contributed by atoms with Gasteiger partial charge in [-0.05, 0) is 37.6 Å². The number of esters is 2. The van der Waals surface area contributed by atoms with Crippen LogP contribution in [0.4, 0.5) is 8.78 Å². The molecule has 0 amide bonds. The molecule has 0 aliphatic carbocycles. The van der Waals surface area contributed by atoms with Crippen LogP contribution in [0, 0.1) is 5.92 Å². The zero-order valence-corrected chi connectivity index (χ0v) is 17.0. The van der Waals surface area contributed by atoms with Gasteiger partial charge in [0.25, 0.3) is 6.43 Å². The minimum absolute atomic E-state index is 0.0519. The summed E-state index contributed by atoms with van der Waals surface area (Å²) in [6.45, 7) is 4.54. The van der Waals surface area contributed by atoms with Crippen LogP contribution in [0.5, 0.6) is 0 Å². The molecule has 0 aromatic heterocycles. The Kier molecular flexibility index (Phi) is 6.22. The van der Waals surface area contributed by atoms with Gasteiger partial charge in [0.2, 0.25) is 6.29 Å². The van der Waals surface area contributed by atoms with E-state index in [0.29, 0.717) is 0 Å². The van der Waals surface area contributed by atoms with E-state index < -0.39 is 41.8 Å². The first-order chi connectivity index (χ1) is 14.2. The molecular weight excluding hydrogens is 394 g/mol. The Hall–Kier alpha value is -2.80. The average molecular weight is 418 g/mol. The zero-order valence-electron chi connectivity index (χ0n) is 17.0. The van der Waals surface area contributed by atoms with Crippen LogP contribution < -0.4 is 0 Å². The summed E-state index contributed by atoms with van der Waals surface area (Å²) < 4.78 is 44.9. The Morgan fingerprint density at radius 2 is 1.50 bits per heavy atom. The average Bonchev–Trinajstić information content (AvgIpc) is 2.97. The molecule has 4 atom stereocenters. The van der Waals surface area contributed by atoms with Crippen molar-refractivity contribution in [1.82, 2.24) is 0 Å². The Morgan fingerprint density at radius 3 is 1.97 bits per heavy atom. The normalized spacial score (nSPS) is 28.3. The van der Waals surface area contributed by atoms with E-state index in [9.17, 15) is 18.4 Å². The second-order valence-corrected chi connectivity index (χ2v) is 7.49. The first kappa shape index (κ1) is 21.9. The van der Waals surface area contributed by atoms with E-state index in [4.69, 9.17) is 14.2 Å². The number of hydrogen-bond donors (Lipinski definition) is 0. The van der Waals surface area contributed by atoms with E-state index in [1.165, 1.54) is 26.0 Å². The van der Waals surface area contributed by atoms with Crippen LogP contribution in [0.25, 0.3) is 0 Å². The van der Waals surface area contributed by atoms with Crippen molar-refractivity contribution >= 4 is 11.9 Å². The van der Waals surface area contributed by atoms with E-state index in [0.717, 1.165) is 0 Å². The van der Waals surface area contributed by atoms with Crippen molar-refractivity contribution < 1.29 is 32.6 Å². The number of rotatable bonds is 6. The summed E-state index contributed by atoms with van der Waals surface area (Å²) in [5, 5.41) is 0. The van der Waals surface area contributed by atoms with Gasteiger partial charge in [-0.3, -0.25) is 0 Å². The molecule has 30 heavy (non-hydrogen) atoms. The summed E-state index contributed by atoms with van der Waals surface area (Å²) in [6, 6.07) is 16.3. The van der Waals surface area contributed by atoms with Crippen molar-refractivity contribution in [2.24, 2.45) is 5.92 Å². The lowest BCUT2D eigenvalue weighted by atomic mass is 9.78. The first-order valence-corrected chi connectivity index (χ1v) is 9.75. The van der Waals surface area contributed by atoms with Gasteiger partial charge in [-0.2, -0.15) is 0 Å². The molecule has 160 valence electrons. The quantitative estimate of drug-likeness (QED) is 0.627. The number of ether oxygens (including phenoxy) is 3. The number of benzene rings is 2. The van der Waals surface area contributed by atoms with Crippen LogP contribution in [0.2, 0.25) is 0 Å². The standard InChI is InChI=1S/C23H24F2O5/c1-4-23(20(24)25)15(2)22(3,29-19(27)17-13-9-6-10-14-17)21(30-23)28-18(26)16-11-7-5-8-12-16/h5-15,20-21H,4H2,1-3H3/t15-,21?,22+,23+/m0/s1. The zero-order chi connectivity index (χ0) is 21.9. The Labute approximate surface area is 173 Å². The smallest absolute Gasteiger partial charge is 0.340 e. The van der Waals surface area contributed by atoms with Crippen molar-refractivity contribution in [3.8, 4) is 0 Å². The molecule has 0 radical (unpaired) electrons. The molecule has 2 aromatic rings. The third-order valence-corrected chi connectivity index (χ3v) is 5.85. The Bertz CT molecular complexity index is 889. The second-order valence-electron chi connectivity index (χ2n) is 7.49. The van der Waals surface area contributed by atoms with Crippen LogP contribution in [-0.4, -0.2) is 35.9 Å². The molecule has 3 rings (SSSR count). The molecular formula is C23H24F2O5. The molecule has 1 unspecified atom stereocenters. The highest BCUT2D eigenvalue weighted by Gasteiger charge is 2.66. The lowest BCUT2D eigenvalue weighted by Gasteiger charge is -2.35. The van der Waals surface area contributed by atoms with Crippen LogP contribution in [-0.2, 0) is 14.2 Å². The van der Waals surface area contributed by atoms with Crippen molar-refractivity contribution in [2.75, 3.05) is 0 Å². The fraction of sp³-hybridized carbons (Fsp3) is 0.391. The topological polar surface area (TPSA) is 61.8 Å². The van der Waals surface area contributed by atoms with E-state index in [-0.39, 0.29) is 17.5 Å². The fourth-order valence-electron chi connectivity index (χ4n) is 3.74. The Balaban J connectivity index is 1.94. The van der Waals surface area contributed by atoms with Gasteiger partial charge in [-0.1, -0.05) is 50.2 Å². The lowest BCUT2D eigenvalue weighted by molar-refractivity contribution is -0.212. The number of carbonyl (C=O) groups excluding carboxylic acids is 2. The number of hydrogen-bond acceptors (Lipinski definition) is 5. The molecule has 0 saturated carbocycles. The summed E-state index contributed by atoms with van der Waals surface area (Å²) in [6.07, 6.45) is -4.42. The maximum atomic E-state index is 14.1. The van der Waals surface area contributed by atoms with Gasteiger partial charge in [-0.15, -0.1) is 0 Å². The molecule has 1 fully saturated rings. The molecule has 2 aromatic carbocycles. The van der Waals surface area contributed by atoms with Gasteiger partial charge in [0.1, 0.15) is 5.60 Å². The molecule has 1 aliphatic rings. The maximum absolute atomic E-state index is 14.1. The summed E-state index contributed by atoms with van der Waals surface area (Å²) in [4.78, 5) is 25.3. The summed E-state index contributed by atoms with van der Waals surface area (Å²) in [5.41, 5.74) is -3.06. The minimum atomic E-state index is -2.87. The SMILES string of the molecule is CC[C@@]1(C(F)F)OC(OC(=O)c2ccccc2)[C@](C)(OC(=O)c2ccccc2)[C@@H]1C. The maximum Gasteiger partial charge on any atom is 0.340 e. The third-order valence-electron chi connectivity index (χ3n) is 5.85. The van der Waals surface area contributed by atoms with Gasteiger partial charge < -0.3 is 14.2 Å². The van der Waals surface area contributed by atoms with E-state index in [1.54, 1.807) is 55.5 Å². The highest BCUT2D eigenvalue weighted by Crippen LogP contribution is 2.51. The molecule has 1 heterocycles. The summed E-state index contributed by atoms with van der Waals surface area (Å²) >= 11 is 0. The molecule has 7 heteroatoms. The molecule has 0 bridgehead atoms. The summed E-state index contributed by atoms with van der Waals surface area (Å²) in [7, 11) is 0. The van der Waals surface area contributed by atoms with Crippen LogP contribution in [0.3, 0.4) is 0 Å². The number of alkyl halides is 2. The van der Waals surface area contributed by atoms with Gasteiger partial charge in [0.15, 0.2) is 5.60 Å². The molecule has 0 spiro atoms. The number of halogens is 2. The van der Waals surface area contributed by atoms with E-state index in [2.05, 4.69) is 0 Å². The third kappa shape index (κ3) is 3.81. The van der Waals surface area contributed by atoms with Crippen LogP contribution >= 0.6 is 0 Å². The highest BCUT2D eigenvalue weighted by molar-refractivity contribution is 5.90. The van der Waals surface area contributed by atoms with Crippen LogP contribution in [0.15, 0.2) is 60.7 Å². The van der Waals surface area contributed by atoms with Crippen molar-refractivity contribution in [1.29, 1.82) is 0 Å². The van der Waals surface area contributed by atoms with Crippen molar-refractivity contribution in [2.45, 2.75) is 51.1 Å². The monoisotopic (exact) mass is 418 g/mol. The Morgan fingerprint density at radius 1 is 1.00 bits per heavy atom. The van der Waals surface area contributed by atoms with Crippen molar-refractivity contribution in [3.63, 3.8) is 0 Å². The van der Waals surface area contributed by atoms with Gasteiger partial charge in [0, 0.05) is 5.92 Å². The fourth-order valence-corrected chi connectivity index (χ4v) is 3.74. The van der Waals surface area contributed by atoms with E-state index >= 15 is 0 Å². The lowest BCUT2D eigenvalue weighted by Crippen LogP contribution is -2.49. The number of carbonyl (C=O) groups is 2. The minimum Gasteiger partial charge on any atom is -0.449 e. The second kappa shape index (κ2) is 8.52. The van der Waals surface area contributed by atoms with E-state index in [1.807, 2.05) is 0 Å². The van der Waals surface area contributed by atoms with Gasteiger partial charge >= 0.3 is 11.9 Å². The predicted octanol–water partition coefficient (Wildman–Crippen LogP) is 4.87. The van der Waals surface area contributed by atoms with Gasteiger partial charge in [-0.25, -0.2) is 18.4 Å². The van der Waals surface area contributed by atoms with Crippen LogP contribution in [0.1, 0.15) is 47.9 Å². The first-order valence-electron chi connectivity index (χ1n) is 9.75. The predicted molar refractivity (Wildman–Crippen MR) is 105 cm³/mol.